The van der Waals surface area contributed by atoms with E-state index >= 15 is 0 Å². The topological polar surface area (TPSA) is 54.5 Å². The van der Waals surface area contributed by atoms with Gasteiger partial charge in [0.1, 0.15) is 0 Å². The maximum Gasteiger partial charge on any atom is 0.225 e. The number of aromatic nitrogens is 1. The van der Waals surface area contributed by atoms with E-state index in [4.69, 9.17) is 4.74 Å². The number of likely N-dealkylation sites (tertiary alicyclic amines) is 1. The van der Waals surface area contributed by atoms with Crippen LogP contribution in [0.2, 0.25) is 0 Å². The van der Waals surface area contributed by atoms with Crippen molar-refractivity contribution in [2.24, 2.45) is 5.92 Å². The number of rotatable bonds is 2. The van der Waals surface area contributed by atoms with Crippen molar-refractivity contribution in [3.63, 3.8) is 0 Å². The van der Waals surface area contributed by atoms with E-state index in [0.29, 0.717) is 13.2 Å². The van der Waals surface area contributed by atoms with E-state index in [9.17, 15) is 4.79 Å². The summed E-state index contributed by atoms with van der Waals surface area (Å²) < 4.78 is 5.82. The Kier molecular flexibility index (Phi) is 3.81. The lowest BCUT2D eigenvalue weighted by Crippen LogP contribution is -2.48. The van der Waals surface area contributed by atoms with Crippen LogP contribution in [0.1, 0.15) is 17.0 Å². The van der Waals surface area contributed by atoms with Gasteiger partial charge in [-0.25, -0.2) is 4.98 Å². The number of thiazole rings is 1. The highest BCUT2D eigenvalue weighted by atomic mass is 32.1. The molecule has 2 fully saturated rings. The Morgan fingerprint density at radius 1 is 1.63 bits per heavy atom. The highest BCUT2D eigenvalue weighted by Gasteiger charge is 2.36. The Morgan fingerprint density at radius 2 is 2.53 bits per heavy atom. The predicted octanol–water partition coefficient (Wildman–Crippen LogP) is 0.788. The SMILES string of the molecule is Cc1ncsc1CN1CC[C@H]2C(=O)NCCO[C@H]2C1. The molecule has 3 rings (SSSR count). The Hall–Kier alpha value is -0.980. The molecule has 1 aromatic rings. The van der Waals surface area contributed by atoms with E-state index in [1.807, 2.05) is 12.4 Å². The number of hydrogen-bond acceptors (Lipinski definition) is 5. The number of nitrogens with one attached hydrogen (secondary N) is 1. The molecule has 0 saturated carbocycles. The highest BCUT2D eigenvalue weighted by molar-refractivity contribution is 7.09. The van der Waals surface area contributed by atoms with Crippen LogP contribution in [0.5, 0.6) is 0 Å². The molecule has 1 aromatic heterocycles. The van der Waals surface area contributed by atoms with Crippen LogP contribution in [0.15, 0.2) is 5.51 Å². The average Bonchev–Trinajstić information content (AvgIpc) is 2.70. The first kappa shape index (κ1) is 13.0. The smallest absolute Gasteiger partial charge is 0.225 e. The lowest BCUT2D eigenvalue weighted by Gasteiger charge is -2.36. The molecule has 2 aliphatic heterocycles. The van der Waals surface area contributed by atoms with Crippen molar-refractivity contribution in [2.45, 2.75) is 26.0 Å². The van der Waals surface area contributed by atoms with E-state index in [1.165, 1.54) is 4.88 Å². The predicted molar refractivity (Wildman–Crippen MR) is 73.0 cm³/mol. The fourth-order valence-electron chi connectivity index (χ4n) is 2.79. The van der Waals surface area contributed by atoms with Gasteiger partial charge in [0.2, 0.25) is 5.91 Å². The van der Waals surface area contributed by atoms with Crippen molar-refractivity contribution in [1.29, 1.82) is 0 Å². The van der Waals surface area contributed by atoms with Gasteiger partial charge in [0.05, 0.1) is 29.8 Å². The summed E-state index contributed by atoms with van der Waals surface area (Å²) in [6.45, 7) is 6.03. The van der Waals surface area contributed by atoms with Crippen molar-refractivity contribution in [1.82, 2.24) is 15.2 Å². The first-order chi connectivity index (χ1) is 9.24. The van der Waals surface area contributed by atoms with E-state index in [1.54, 1.807) is 11.3 Å². The number of amides is 1. The van der Waals surface area contributed by atoms with E-state index in [-0.39, 0.29) is 17.9 Å². The zero-order valence-electron chi connectivity index (χ0n) is 11.1. The number of carbonyl (C=O) groups excluding carboxylic acids is 1. The lowest BCUT2D eigenvalue weighted by atomic mass is 9.93. The maximum atomic E-state index is 11.9. The second kappa shape index (κ2) is 5.56. The molecule has 5 nitrogen and oxygen atoms in total. The number of aryl methyl sites for hydroxylation is 1. The van der Waals surface area contributed by atoms with Gasteiger partial charge in [-0.05, 0) is 19.9 Å². The molecule has 2 saturated heterocycles. The fourth-order valence-corrected chi connectivity index (χ4v) is 3.61. The second-order valence-corrected chi connectivity index (χ2v) is 6.13. The van der Waals surface area contributed by atoms with Crippen molar-refractivity contribution >= 4 is 17.2 Å². The average molecular weight is 281 g/mol. The standard InChI is InChI=1S/C13H19N3O2S/c1-9-12(19-8-15-9)7-16-4-2-10-11(6-16)18-5-3-14-13(10)17/h8,10-11H,2-7H2,1H3,(H,14,17)/t10-,11+/m1/s1. The molecule has 0 bridgehead atoms. The largest absolute Gasteiger partial charge is 0.374 e. The lowest BCUT2D eigenvalue weighted by molar-refractivity contribution is -0.130. The Balaban J connectivity index is 1.65. The van der Waals surface area contributed by atoms with Gasteiger partial charge in [-0.2, -0.15) is 0 Å². The van der Waals surface area contributed by atoms with Crippen LogP contribution in [-0.4, -0.2) is 48.1 Å². The molecule has 3 heterocycles. The molecule has 0 aliphatic carbocycles. The van der Waals surface area contributed by atoms with E-state index < -0.39 is 0 Å². The number of hydrogen-bond donors (Lipinski definition) is 1. The summed E-state index contributed by atoms with van der Waals surface area (Å²) >= 11 is 1.70. The van der Waals surface area contributed by atoms with Crippen molar-refractivity contribution in [3.05, 3.63) is 16.1 Å². The Labute approximate surface area is 117 Å². The van der Waals surface area contributed by atoms with Gasteiger partial charge in [0.25, 0.3) is 0 Å². The van der Waals surface area contributed by atoms with Crippen LogP contribution in [0.3, 0.4) is 0 Å². The molecule has 19 heavy (non-hydrogen) atoms. The summed E-state index contributed by atoms with van der Waals surface area (Å²) in [6.07, 6.45) is 0.929. The number of carbonyl (C=O) groups is 1. The molecule has 0 radical (unpaired) electrons. The van der Waals surface area contributed by atoms with Gasteiger partial charge < -0.3 is 10.1 Å². The summed E-state index contributed by atoms with van der Waals surface area (Å²) in [5.74, 6) is 0.192. The number of nitrogens with zero attached hydrogens (tertiary/aromatic N) is 2. The molecule has 2 atom stereocenters. The Morgan fingerprint density at radius 3 is 3.32 bits per heavy atom. The van der Waals surface area contributed by atoms with Crippen molar-refractivity contribution in [3.8, 4) is 0 Å². The zero-order chi connectivity index (χ0) is 13.2. The summed E-state index contributed by atoms with van der Waals surface area (Å²) in [6, 6.07) is 0. The van der Waals surface area contributed by atoms with Crippen LogP contribution in [0.25, 0.3) is 0 Å². The van der Waals surface area contributed by atoms with Crippen LogP contribution in [0.4, 0.5) is 0 Å². The second-order valence-electron chi connectivity index (χ2n) is 5.19. The minimum atomic E-state index is 0.0290. The summed E-state index contributed by atoms with van der Waals surface area (Å²) in [5.41, 5.74) is 3.01. The molecule has 6 heteroatoms. The zero-order valence-corrected chi connectivity index (χ0v) is 11.9. The first-order valence-electron chi connectivity index (χ1n) is 6.74. The first-order valence-corrected chi connectivity index (χ1v) is 7.62. The van der Waals surface area contributed by atoms with Crippen LogP contribution >= 0.6 is 11.3 Å². The monoisotopic (exact) mass is 281 g/mol. The number of ether oxygens (including phenoxy) is 1. The third-order valence-electron chi connectivity index (χ3n) is 3.93. The van der Waals surface area contributed by atoms with Crippen LogP contribution in [0, 0.1) is 12.8 Å². The molecule has 0 spiro atoms. The molecule has 0 aromatic carbocycles. The molecule has 0 unspecified atom stereocenters. The molecular weight excluding hydrogens is 262 g/mol. The van der Waals surface area contributed by atoms with Crippen LogP contribution in [-0.2, 0) is 16.1 Å². The van der Waals surface area contributed by atoms with Crippen molar-refractivity contribution in [2.75, 3.05) is 26.2 Å². The molecule has 1 N–H and O–H groups in total. The van der Waals surface area contributed by atoms with Gasteiger partial charge in [-0.1, -0.05) is 0 Å². The minimum absolute atomic E-state index is 0.0290. The molecular formula is C13H19N3O2S. The van der Waals surface area contributed by atoms with Gasteiger partial charge in [-0.3, -0.25) is 9.69 Å². The Bertz CT molecular complexity index is 462. The van der Waals surface area contributed by atoms with Gasteiger partial charge >= 0.3 is 0 Å². The van der Waals surface area contributed by atoms with Gasteiger partial charge in [0.15, 0.2) is 0 Å². The third kappa shape index (κ3) is 2.80. The maximum absolute atomic E-state index is 11.9. The molecule has 1 amide bonds. The van der Waals surface area contributed by atoms with Gasteiger partial charge in [0, 0.05) is 24.5 Å². The van der Waals surface area contributed by atoms with Gasteiger partial charge in [-0.15, -0.1) is 11.3 Å². The number of piperidine rings is 1. The number of fused-ring (bicyclic) bond motifs is 1. The summed E-state index contributed by atoms with van der Waals surface area (Å²) in [7, 11) is 0. The third-order valence-corrected chi connectivity index (χ3v) is 4.85. The molecule has 104 valence electrons. The summed E-state index contributed by atoms with van der Waals surface area (Å²) in [5, 5.41) is 2.92. The quantitative estimate of drug-likeness (QED) is 0.871. The van der Waals surface area contributed by atoms with E-state index in [2.05, 4.69) is 15.2 Å². The minimum Gasteiger partial charge on any atom is -0.374 e. The van der Waals surface area contributed by atoms with E-state index in [0.717, 1.165) is 31.7 Å². The highest BCUT2D eigenvalue weighted by Crippen LogP contribution is 2.25. The fraction of sp³-hybridized carbons (Fsp3) is 0.692. The van der Waals surface area contributed by atoms with Crippen LogP contribution < -0.4 is 5.32 Å². The van der Waals surface area contributed by atoms with Crippen molar-refractivity contribution < 1.29 is 9.53 Å². The normalized spacial score (nSPS) is 28.6. The molecule has 2 aliphatic rings. The summed E-state index contributed by atoms with van der Waals surface area (Å²) in [4.78, 5) is 19.9.